The van der Waals surface area contributed by atoms with Gasteiger partial charge in [0.15, 0.2) is 0 Å². The third-order valence-electron chi connectivity index (χ3n) is 4.03. The molecule has 0 aromatic heterocycles. The van der Waals surface area contributed by atoms with Crippen LogP contribution in [-0.2, 0) is 9.47 Å². The maximum Gasteiger partial charge on any atom is 0.409 e. The summed E-state index contributed by atoms with van der Waals surface area (Å²) in [6.07, 6.45) is 0.202. The molecule has 2 amide bonds. The van der Waals surface area contributed by atoms with Crippen LogP contribution < -0.4 is 0 Å². The average Bonchev–Trinajstić information content (AvgIpc) is 2.53. The molecule has 0 aliphatic heterocycles. The summed E-state index contributed by atoms with van der Waals surface area (Å²) in [5.74, 6) is 0.473. The minimum Gasteiger partial charge on any atom is -0.453 e. The van der Waals surface area contributed by atoms with E-state index in [0.717, 1.165) is 6.04 Å². The van der Waals surface area contributed by atoms with Crippen LogP contribution in [0.1, 0.15) is 41.5 Å². The van der Waals surface area contributed by atoms with Crippen LogP contribution >= 0.6 is 0 Å². The van der Waals surface area contributed by atoms with Crippen molar-refractivity contribution in [2.45, 2.75) is 54.1 Å². The predicted octanol–water partition coefficient (Wildman–Crippen LogP) is 3.76. The normalized spacial score (nSPS) is 11.3. The predicted molar refractivity (Wildman–Crippen MR) is 99.8 cm³/mol. The van der Waals surface area contributed by atoms with Crippen molar-refractivity contribution < 1.29 is 19.1 Å². The lowest BCUT2D eigenvalue weighted by atomic mass is 10.3. The van der Waals surface area contributed by atoms with Gasteiger partial charge in [-0.15, -0.1) is 0 Å². The first-order chi connectivity index (χ1) is 11.2. The van der Waals surface area contributed by atoms with Crippen molar-refractivity contribution in [3.05, 3.63) is 0 Å². The monoisotopic (exact) mass is 360 g/mol. The fourth-order valence-electron chi connectivity index (χ4n) is 2.76. The van der Waals surface area contributed by atoms with Gasteiger partial charge in [0.25, 0.3) is 0 Å². The molecule has 0 fully saturated rings. The van der Waals surface area contributed by atoms with E-state index in [9.17, 15) is 9.59 Å². The highest BCUT2D eigenvalue weighted by atomic mass is 28.3. The zero-order chi connectivity index (χ0) is 18.8. The smallest absolute Gasteiger partial charge is 0.409 e. The SMILES string of the molecule is CCN(CC)C(=O)OC[Si](C)(COC(=O)N(CC)CC)CC(C)C. The van der Waals surface area contributed by atoms with Crippen LogP contribution in [0.3, 0.4) is 0 Å². The average molecular weight is 361 g/mol. The summed E-state index contributed by atoms with van der Waals surface area (Å²) in [6.45, 7) is 16.7. The first kappa shape index (κ1) is 22.8. The first-order valence-electron chi connectivity index (χ1n) is 9.06. The zero-order valence-corrected chi connectivity index (χ0v) is 17.6. The minimum absolute atomic E-state index is 0.280. The number of carbonyl (C=O) groups excluding carboxylic acids is 2. The Morgan fingerprint density at radius 1 is 0.833 bits per heavy atom. The van der Waals surface area contributed by atoms with Gasteiger partial charge in [0, 0.05) is 26.2 Å². The maximum atomic E-state index is 12.1. The molecule has 0 atom stereocenters. The minimum atomic E-state index is -2.02. The van der Waals surface area contributed by atoms with Crippen molar-refractivity contribution >= 4 is 20.3 Å². The van der Waals surface area contributed by atoms with E-state index >= 15 is 0 Å². The van der Waals surface area contributed by atoms with Gasteiger partial charge in [0.1, 0.15) is 8.07 Å². The van der Waals surface area contributed by atoms with Gasteiger partial charge in [-0.25, -0.2) is 9.59 Å². The molecule has 0 saturated carbocycles. The van der Waals surface area contributed by atoms with Crippen molar-refractivity contribution in [1.29, 1.82) is 0 Å². The molecule has 24 heavy (non-hydrogen) atoms. The molecule has 0 N–H and O–H groups in total. The van der Waals surface area contributed by atoms with Gasteiger partial charge in [-0.1, -0.05) is 20.4 Å². The summed E-state index contributed by atoms with van der Waals surface area (Å²) in [5, 5.41) is 0. The highest BCUT2D eigenvalue weighted by Crippen LogP contribution is 2.19. The molecule has 0 saturated heterocycles. The Hall–Kier alpha value is -1.24. The molecule has 142 valence electrons. The van der Waals surface area contributed by atoms with E-state index in [1.807, 2.05) is 27.7 Å². The highest BCUT2D eigenvalue weighted by Gasteiger charge is 2.33. The van der Waals surface area contributed by atoms with E-state index in [-0.39, 0.29) is 12.2 Å². The van der Waals surface area contributed by atoms with Gasteiger partial charge in [-0.05, 0) is 39.7 Å². The van der Waals surface area contributed by atoms with E-state index in [1.54, 1.807) is 9.80 Å². The number of hydrogen-bond acceptors (Lipinski definition) is 4. The Morgan fingerprint density at radius 3 is 1.42 bits per heavy atom. The van der Waals surface area contributed by atoms with Gasteiger partial charge >= 0.3 is 12.2 Å². The van der Waals surface area contributed by atoms with Gasteiger partial charge in [-0.2, -0.15) is 0 Å². The number of nitrogens with zero attached hydrogens (tertiary/aromatic N) is 2. The number of rotatable bonds is 10. The Bertz CT molecular complexity index is 355. The van der Waals surface area contributed by atoms with Gasteiger partial charge in [0.2, 0.25) is 0 Å². The van der Waals surface area contributed by atoms with Crippen molar-refractivity contribution in [2.75, 3.05) is 38.6 Å². The quantitative estimate of drug-likeness (QED) is 0.557. The van der Waals surface area contributed by atoms with Crippen LogP contribution in [0.2, 0.25) is 12.6 Å². The second kappa shape index (κ2) is 11.3. The summed E-state index contributed by atoms with van der Waals surface area (Å²) < 4.78 is 11.1. The molecule has 0 aromatic rings. The Balaban J connectivity index is 4.77. The molecule has 7 heteroatoms. The molecule has 0 aliphatic rings. The van der Waals surface area contributed by atoms with Crippen molar-refractivity contribution in [3.8, 4) is 0 Å². The topological polar surface area (TPSA) is 59.1 Å². The molecule has 0 bridgehead atoms. The summed E-state index contributed by atoms with van der Waals surface area (Å²) in [4.78, 5) is 27.5. The number of ether oxygens (including phenoxy) is 2. The van der Waals surface area contributed by atoms with Crippen molar-refractivity contribution in [1.82, 2.24) is 9.80 Å². The highest BCUT2D eigenvalue weighted by molar-refractivity contribution is 6.78. The number of hydrogen-bond donors (Lipinski definition) is 0. The van der Waals surface area contributed by atoms with Crippen LogP contribution in [0, 0.1) is 5.92 Å². The third-order valence-corrected chi connectivity index (χ3v) is 7.52. The lowest BCUT2D eigenvalue weighted by Crippen LogP contribution is -2.47. The standard InChI is InChI=1S/C17H36N2O4Si/c1-8-18(9-2)16(20)22-13-24(7,12-15(5)6)14-23-17(21)19(10-3)11-4/h15H,8-14H2,1-7H3. The fraction of sp³-hybridized carbons (Fsp3) is 0.882. The second-order valence-corrected chi connectivity index (χ2v) is 11.5. The van der Waals surface area contributed by atoms with E-state index in [0.29, 0.717) is 44.6 Å². The molecule has 0 heterocycles. The summed E-state index contributed by atoms with van der Waals surface area (Å²) in [6, 6.07) is 0.948. The Morgan fingerprint density at radius 2 is 1.17 bits per heavy atom. The largest absolute Gasteiger partial charge is 0.453 e. The third kappa shape index (κ3) is 8.03. The second-order valence-electron chi connectivity index (χ2n) is 6.86. The molecular formula is C17H36N2O4Si. The molecule has 0 unspecified atom stereocenters. The van der Waals surface area contributed by atoms with Gasteiger partial charge in [-0.3, -0.25) is 0 Å². The molecule has 0 radical (unpaired) electrons. The van der Waals surface area contributed by atoms with Crippen LogP contribution in [0.15, 0.2) is 0 Å². The van der Waals surface area contributed by atoms with Crippen LogP contribution in [-0.4, -0.2) is 68.7 Å². The van der Waals surface area contributed by atoms with Crippen LogP contribution in [0.25, 0.3) is 0 Å². The van der Waals surface area contributed by atoms with E-state index in [4.69, 9.17) is 9.47 Å². The van der Waals surface area contributed by atoms with Crippen LogP contribution in [0.5, 0.6) is 0 Å². The lowest BCUT2D eigenvalue weighted by molar-refractivity contribution is 0.111. The molecule has 0 spiro atoms. The summed E-state index contributed by atoms with van der Waals surface area (Å²) in [5.41, 5.74) is 0. The molecule has 0 aliphatic carbocycles. The summed E-state index contributed by atoms with van der Waals surface area (Å²) in [7, 11) is -2.02. The number of carbonyl (C=O) groups is 2. The zero-order valence-electron chi connectivity index (χ0n) is 16.6. The van der Waals surface area contributed by atoms with E-state index < -0.39 is 8.07 Å². The summed E-state index contributed by atoms with van der Waals surface area (Å²) >= 11 is 0. The maximum absolute atomic E-state index is 12.1. The lowest BCUT2D eigenvalue weighted by Gasteiger charge is -2.30. The van der Waals surface area contributed by atoms with Crippen LogP contribution in [0.4, 0.5) is 9.59 Å². The van der Waals surface area contributed by atoms with Gasteiger partial charge in [0.05, 0.1) is 12.5 Å². The first-order valence-corrected chi connectivity index (χ1v) is 12.2. The van der Waals surface area contributed by atoms with E-state index in [1.165, 1.54) is 0 Å². The molecule has 0 aromatic carbocycles. The molecular weight excluding hydrogens is 324 g/mol. The molecule has 0 rings (SSSR count). The van der Waals surface area contributed by atoms with Crippen molar-refractivity contribution in [2.24, 2.45) is 5.92 Å². The Kier molecular flexibility index (Phi) is 10.7. The molecule has 6 nitrogen and oxygen atoms in total. The van der Waals surface area contributed by atoms with E-state index in [2.05, 4.69) is 20.4 Å². The number of amides is 2. The fourth-order valence-corrected chi connectivity index (χ4v) is 6.00. The van der Waals surface area contributed by atoms with Gasteiger partial charge < -0.3 is 19.3 Å². The Labute approximate surface area is 148 Å². The van der Waals surface area contributed by atoms with Crippen molar-refractivity contribution in [3.63, 3.8) is 0 Å².